The highest BCUT2D eigenvalue weighted by Crippen LogP contribution is 2.17. The van der Waals surface area contributed by atoms with Crippen LogP contribution in [-0.2, 0) is 14.4 Å². The third-order valence-electron chi connectivity index (χ3n) is 0.726. The third-order valence-corrected chi connectivity index (χ3v) is 0.726. The van der Waals surface area contributed by atoms with E-state index >= 15 is 0 Å². The summed E-state index contributed by atoms with van der Waals surface area (Å²) in [6, 6.07) is 0. The minimum Gasteiger partial charge on any atom is -0.481 e. The second-order valence-electron chi connectivity index (χ2n) is 2.32. The Kier molecular flexibility index (Phi) is 6.59. The van der Waals surface area contributed by atoms with Crippen LogP contribution < -0.4 is 0 Å². The molecule has 14 heavy (non-hydrogen) atoms. The summed E-state index contributed by atoms with van der Waals surface area (Å²) in [6.45, 7) is 2.02. The standard InChI is InChI=1S/C5H5F3O2.C2H4O2/c1-3(9)2-4(10)5(6,7)8;1-2(3)4/h2H2,1H3;1H3,(H,3,4). The molecule has 0 aromatic heterocycles. The summed E-state index contributed by atoms with van der Waals surface area (Å²) < 4.78 is 33.9. The van der Waals surface area contributed by atoms with E-state index in [1.54, 1.807) is 0 Å². The number of carbonyl (C=O) groups excluding carboxylic acids is 2. The molecule has 0 aromatic carbocycles. The van der Waals surface area contributed by atoms with Gasteiger partial charge in [0, 0.05) is 6.92 Å². The van der Waals surface area contributed by atoms with Crippen LogP contribution in [0.15, 0.2) is 0 Å². The Morgan fingerprint density at radius 1 is 1.14 bits per heavy atom. The highest BCUT2D eigenvalue weighted by atomic mass is 19.4. The third kappa shape index (κ3) is 13.2. The lowest BCUT2D eigenvalue weighted by Gasteiger charge is -2.00. The van der Waals surface area contributed by atoms with Crippen LogP contribution in [0.5, 0.6) is 0 Å². The van der Waals surface area contributed by atoms with E-state index in [0.717, 1.165) is 13.8 Å². The number of aliphatic carboxylic acids is 1. The predicted octanol–water partition coefficient (Wildman–Crippen LogP) is 1.19. The number of alkyl halides is 3. The minimum absolute atomic E-state index is 0.776. The summed E-state index contributed by atoms with van der Waals surface area (Å²) >= 11 is 0. The van der Waals surface area contributed by atoms with Gasteiger partial charge in [-0.1, -0.05) is 0 Å². The molecule has 82 valence electrons. The molecule has 0 bridgehead atoms. The van der Waals surface area contributed by atoms with Gasteiger partial charge in [-0.25, -0.2) is 0 Å². The highest BCUT2D eigenvalue weighted by Gasteiger charge is 2.38. The fourth-order valence-electron chi connectivity index (χ4n) is 0.326. The summed E-state index contributed by atoms with van der Waals surface area (Å²) in [5, 5.41) is 7.42. The molecule has 0 spiro atoms. The van der Waals surface area contributed by atoms with Gasteiger partial charge in [-0.15, -0.1) is 0 Å². The number of Topliss-reactive ketones (excluding diaryl/α,β-unsaturated/α-hetero) is 2. The zero-order valence-corrected chi connectivity index (χ0v) is 7.51. The molecule has 0 unspecified atom stereocenters. The maximum absolute atomic E-state index is 11.3. The fourth-order valence-corrected chi connectivity index (χ4v) is 0.326. The van der Waals surface area contributed by atoms with Crippen LogP contribution in [0.2, 0.25) is 0 Å². The number of hydrogen-bond acceptors (Lipinski definition) is 3. The quantitative estimate of drug-likeness (QED) is 0.701. The van der Waals surface area contributed by atoms with Gasteiger partial charge in [-0.2, -0.15) is 13.2 Å². The molecule has 4 nitrogen and oxygen atoms in total. The van der Waals surface area contributed by atoms with Crippen molar-refractivity contribution in [2.24, 2.45) is 0 Å². The molecule has 0 heterocycles. The molecule has 0 aliphatic heterocycles. The number of hydrogen-bond donors (Lipinski definition) is 1. The Labute approximate surface area is 77.7 Å². The Hall–Kier alpha value is -1.40. The normalized spacial score (nSPS) is 9.79. The summed E-state index contributed by atoms with van der Waals surface area (Å²) in [7, 11) is 0. The number of carbonyl (C=O) groups is 3. The summed E-state index contributed by atoms with van der Waals surface area (Å²) in [5.41, 5.74) is 0. The second kappa shape index (κ2) is 6.11. The lowest BCUT2D eigenvalue weighted by atomic mass is 10.2. The summed E-state index contributed by atoms with van der Waals surface area (Å²) in [6.07, 6.45) is -5.92. The molecule has 0 amide bonds. The fraction of sp³-hybridized carbons (Fsp3) is 0.571. The van der Waals surface area contributed by atoms with Crippen molar-refractivity contribution in [1.29, 1.82) is 0 Å². The SMILES string of the molecule is CC(=O)CC(=O)C(F)(F)F.CC(=O)O. The van der Waals surface area contributed by atoms with E-state index in [9.17, 15) is 22.8 Å². The average Bonchev–Trinajstić information content (AvgIpc) is 1.81. The van der Waals surface area contributed by atoms with Gasteiger partial charge in [0.25, 0.3) is 5.97 Å². The van der Waals surface area contributed by atoms with Crippen LogP contribution in [-0.4, -0.2) is 28.8 Å². The van der Waals surface area contributed by atoms with Crippen LogP contribution in [0.3, 0.4) is 0 Å². The van der Waals surface area contributed by atoms with Crippen molar-refractivity contribution in [3.05, 3.63) is 0 Å². The largest absolute Gasteiger partial charge is 0.481 e. The molecule has 0 saturated heterocycles. The molecule has 7 heteroatoms. The van der Waals surface area contributed by atoms with Crippen LogP contribution in [0.4, 0.5) is 13.2 Å². The number of halogens is 3. The highest BCUT2D eigenvalue weighted by molar-refractivity contribution is 6.00. The Bertz CT molecular complexity index is 228. The molecule has 0 aliphatic carbocycles. The van der Waals surface area contributed by atoms with Crippen LogP contribution >= 0.6 is 0 Å². The zero-order chi connectivity index (χ0) is 11.9. The van der Waals surface area contributed by atoms with Crippen molar-refractivity contribution in [2.45, 2.75) is 26.4 Å². The lowest BCUT2D eigenvalue weighted by Crippen LogP contribution is -2.24. The van der Waals surface area contributed by atoms with Gasteiger partial charge in [-0.05, 0) is 6.92 Å². The van der Waals surface area contributed by atoms with Gasteiger partial charge in [0.15, 0.2) is 0 Å². The molecule has 0 aromatic rings. The molecular weight excluding hydrogens is 205 g/mol. The minimum atomic E-state index is -4.87. The Morgan fingerprint density at radius 3 is 1.50 bits per heavy atom. The second-order valence-corrected chi connectivity index (χ2v) is 2.32. The maximum atomic E-state index is 11.3. The number of ketones is 2. The zero-order valence-electron chi connectivity index (χ0n) is 7.51. The van der Waals surface area contributed by atoms with E-state index in [2.05, 4.69) is 0 Å². The molecule has 0 atom stereocenters. The van der Waals surface area contributed by atoms with E-state index in [1.807, 2.05) is 0 Å². The van der Waals surface area contributed by atoms with E-state index in [-0.39, 0.29) is 0 Å². The summed E-state index contributed by atoms with van der Waals surface area (Å²) in [4.78, 5) is 28.9. The molecule has 1 N–H and O–H groups in total. The first-order valence-electron chi connectivity index (χ1n) is 3.36. The predicted molar refractivity (Wildman–Crippen MR) is 39.7 cm³/mol. The topological polar surface area (TPSA) is 71.4 Å². The first-order valence-corrected chi connectivity index (χ1v) is 3.36. The Morgan fingerprint density at radius 2 is 1.43 bits per heavy atom. The van der Waals surface area contributed by atoms with Crippen molar-refractivity contribution in [3.8, 4) is 0 Å². The summed E-state index contributed by atoms with van der Waals surface area (Å²) in [5.74, 6) is -3.60. The van der Waals surface area contributed by atoms with Gasteiger partial charge in [0.1, 0.15) is 5.78 Å². The maximum Gasteiger partial charge on any atom is 0.450 e. The van der Waals surface area contributed by atoms with Gasteiger partial charge >= 0.3 is 6.18 Å². The number of carboxylic acid groups (broad SMARTS) is 1. The van der Waals surface area contributed by atoms with Crippen LogP contribution in [0, 0.1) is 0 Å². The monoisotopic (exact) mass is 214 g/mol. The van der Waals surface area contributed by atoms with Gasteiger partial charge < -0.3 is 5.11 Å². The van der Waals surface area contributed by atoms with Crippen LogP contribution in [0.25, 0.3) is 0 Å². The van der Waals surface area contributed by atoms with Gasteiger partial charge in [-0.3, -0.25) is 14.4 Å². The van der Waals surface area contributed by atoms with Crippen molar-refractivity contribution < 1.29 is 32.7 Å². The van der Waals surface area contributed by atoms with E-state index in [4.69, 9.17) is 9.90 Å². The Balaban J connectivity index is 0. The van der Waals surface area contributed by atoms with Crippen LogP contribution in [0.1, 0.15) is 20.3 Å². The molecular formula is C7H9F3O4. The first-order chi connectivity index (χ1) is 6.07. The smallest absolute Gasteiger partial charge is 0.450 e. The first kappa shape index (κ1) is 15.1. The average molecular weight is 214 g/mol. The van der Waals surface area contributed by atoms with Gasteiger partial charge in [0.2, 0.25) is 5.78 Å². The van der Waals surface area contributed by atoms with Crippen molar-refractivity contribution >= 4 is 17.5 Å². The molecule has 0 fully saturated rings. The van der Waals surface area contributed by atoms with Crippen molar-refractivity contribution in [1.82, 2.24) is 0 Å². The van der Waals surface area contributed by atoms with E-state index in [1.165, 1.54) is 0 Å². The van der Waals surface area contributed by atoms with Gasteiger partial charge in [0.05, 0.1) is 6.42 Å². The molecule has 0 rings (SSSR count). The number of rotatable bonds is 2. The van der Waals surface area contributed by atoms with Crippen molar-refractivity contribution in [3.63, 3.8) is 0 Å². The molecule has 0 aliphatic rings. The van der Waals surface area contributed by atoms with Crippen molar-refractivity contribution in [2.75, 3.05) is 0 Å². The van der Waals surface area contributed by atoms with E-state index in [0.29, 0.717) is 0 Å². The number of carboxylic acids is 1. The molecule has 0 radical (unpaired) electrons. The lowest BCUT2D eigenvalue weighted by molar-refractivity contribution is -0.171. The molecule has 0 saturated carbocycles. The van der Waals surface area contributed by atoms with E-state index < -0.39 is 30.1 Å².